The molecule has 32 heavy (non-hydrogen) atoms. The summed E-state index contributed by atoms with van der Waals surface area (Å²) in [5, 5.41) is 5.33. The molecule has 0 aromatic rings. The first-order valence-electron chi connectivity index (χ1n) is 12.4. The smallest absolute Gasteiger partial charge is 0.229 e. The highest BCUT2D eigenvalue weighted by molar-refractivity contribution is 5.80. The van der Waals surface area contributed by atoms with Gasteiger partial charge in [0.25, 0.3) is 0 Å². The summed E-state index contributed by atoms with van der Waals surface area (Å²) in [5.74, 6) is -1.04. The molecule has 0 aromatic carbocycles. The van der Waals surface area contributed by atoms with Gasteiger partial charge in [-0.2, -0.15) is 5.53 Å². The number of halogens is 2. The second kappa shape index (κ2) is 11.0. The molecule has 6 unspecified atom stereocenters. The first-order chi connectivity index (χ1) is 15.5. The van der Waals surface area contributed by atoms with Crippen LogP contribution in [0.5, 0.6) is 0 Å². The van der Waals surface area contributed by atoms with Gasteiger partial charge >= 0.3 is 0 Å². The molecule has 3 saturated carbocycles. The third-order valence-electron chi connectivity index (χ3n) is 8.28. The summed E-state index contributed by atoms with van der Waals surface area (Å²) >= 11 is 0. The minimum Gasteiger partial charge on any atom is -0.379 e. The van der Waals surface area contributed by atoms with Crippen LogP contribution in [0.25, 0.3) is 0 Å². The van der Waals surface area contributed by atoms with Gasteiger partial charge < -0.3 is 14.8 Å². The van der Waals surface area contributed by atoms with Crippen molar-refractivity contribution in [1.82, 2.24) is 21.3 Å². The molecule has 0 bridgehead atoms. The van der Waals surface area contributed by atoms with Crippen LogP contribution in [0, 0.1) is 11.8 Å². The second-order valence-corrected chi connectivity index (χ2v) is 10.1. The van der Waals surface area contributed by atoms with Gasteiger partial charge in [-0.25, -0.2) is 19.2 Å². The lowest BCUT2D eigenvalue weighted by Gasteiger charge is -2.42. The average Bonchev–Trinajstić information content (AvgIpc) is 3.29. The minimum atomic E-state index is -1.36. The van der Waals surface area contributed by atoms with Crippen molar-refractivity contribution in [2.45, 2.75) is 107 Å². The van der Waals surface area contributed by atoms with Gasteiger partial charge in [-0.3, -0.25) is 4.79 Å². The number of amides is 1. The predicted molar refractivity (Wildman–Crippen MR) is 117 cm³/mol. The van der Waals surface area contributed by atoms with E-state index in [4.69, 9.17) is 9.47 Å². The molecule has 1 amide bonds. The van der Waals surface area contributed by atoms with Gasteiger partial charge in [0, 0.05) is 38.9 Å². The monoisotopic (exact) mass is 458 g/mol. The van der Waals surface area contributed by atoms with Gasteiger partial charge in [0.2, 0.25) is 5.91 Å². The van der Waals surface area contributed by atoms with E-state index in [1.165, 1.54) is 0 Å². The molecule has 3 aliphatic carbocycles. The SMILES string of the molecule is COC1CCC(C2CNNN2C2CCC(NC(=O)C3C(F)CCCC3F)CC2)CC1OC. The van der Waals surface area contributed by atoms with Crippen molar-refractivity contribution in [3.05, 3.63) is 0 Å². The molecule has 1 heterocycles. The number of methoxy groups -OCH3 is 2. The molecule has 6 atom stereocenters. The average molecular weight is 459 g/mol. The maximum atomic E-state index is 14.1. The number of alkyl halides is 2. The molecule has 1 saturated heterocycles. The number of hydrogen-bond donors (Lipinski definition) is 3. The number of carbonyl (C=O) groups is 1. The molecular formula is C23H40F2N4O3. The molecular weight excluding hydrogens is 418 g/mol. The summed E-state index contributed by atoms with van der Waals surface area (Å²) in [6.45, 7) is 0.896. The third kappa shape index (κ3) is 5.27. The van der Waals surface area contributed by atoms with E-state index in [0.29, 0.717) is 24.4 Å². The summed E-state index contributed by atoms with van der Waals surface area (Å²) in [6, 6.07) is 0.773. The standard InChI is InChI=1S/C23H40F2N4O3/c1-31-20-11-6-14(12-21(20)32-2)19-13-26-28-29(19)16-9-7-15(8-10-16)27-23(30)22-17(24)4-3-5-18(22)25/h14-22,26,28H,3-13H2,1-2H3,(H,27,30). The van der Waals surface area contributed by atoms with Gasteiger partial charge in [0.05, 0.1) is 12.2 Å². The maximum absolute atomic E-state index is 14.1. The Bertz CT molecular complexity index is 612. The first-order valence-corrected chi connectivity index (χ1v) is 12.4. The van der Waals surface area contributed by atoms with Crippen molar-refractivity contribution >= 4 is 5.91 Å². The summed E-state index contributed by atoms with van der Waals surface area (Å²) in [6.07, 6.45) is 5.34. The summed E-state index contributed by atoms with van der Waals surface area (Å²) < 4.78 is 39.6. The molecule has 4 rings (SSSR count). The summed E-state index contributed by atoms with van der Waals surface area (Å²) in [4.78, 5) is 12.5. The molecule has 184 valence electrons. The number of carbonyl (C=O) groups excluding carboxylic acids is 1. The Kier molecular flexibility index (Phi) is 8.37. The molecule has 0 spiro atoms. The lowest BCUT2D eigenvalue weighted by atomic mass is 9.79. The highest BCUT2D eigenvalue weighted by atomic mass is 19.1. The largest absolute Gasteiger partial charge is 0.379 e. The Morgan fingerprint density at radius 1 is 0.938 bits per heavy atom. The van der Waals surface area contributed by atoms with Crippen molar-refractivity contribution in [3.63, 3.8) is 0 Å². The van der Waals surface area contributed by atoms with E-state index in [0.717, 1.165) is 51.5 Å². The van der Waals surface area contributed by atoms with Crippen LogP contribution in [0.3, 0.4) is 0 Å². The molecule has 1 aliphatic heterocycles. The van der Waals surface area contributed by atoms with Gasteiger partial charge in [0.15, 0.2) is 0 Å². The van der Waals surface area contributed by atoms with Gasteiger partial charge in [-0.05, 0) is 70.1 Å². The summed E-state index contributed by atoms with van der Waals surface area (Å²) in [7, 11) is 3.52. The molecule has 0 aromatic heterocycles. The van der Waals surface area contributed by atoms with Crippen LogP contribution in [0.1, 0.15) is 64.2 Å². The fourth-order valence-corrected chi connectivity index (χ4v) is 6.40. The van der Waals surface area contributed by atoms with Crippen LogP contribution in [-0.4, -0.2) is 74.4 Å². The lowest BCUT2D eigenvalue weighted by Crippen LogP contribution is -2.54. The van der Waals surface area contributed by atoms with Crippen LogP contribution in [0.15, 0.2) is 0 Å². The first kappa shape index (κ1) is 24.3. The number of hydrogen-bond acceptors (Lipinski definition) is 6. The fraction of sp³-hybridized carbons (Fsp3) is 0.957. The van der Waals surface area contributed by atoms with E-state index < -0.39 is 24.2 Å². The molecule has 4 fully saturated rings. The molecule has 9 heteroatoms. The Morgan fingerprint density at radius 3 is 2.28 bits per heavy atom. The quantitative estimate of drug-likeness (QED) is 0.568. The van der Waals surface area contributed by atoms with E-state index in [-0.39, 0.29) is 31.1 Å². The Labute approximate surface area is 190 Å². The molecule has 0 radical (unpaired) electrons. The van der Waals surface area contributed by atoms with Crippen LogP contribution in [0.4, 0.5) is 8.78 Å². The molecule has 7 nitrogen and oxygen atoms in total. The Hall–Kier alpha value is -0.870. The van der Waals surface area contributed by atoms with Crippen LogP contribution < -0.4 is 16.3 Å². The number of hydrazine groups is 2. The summed E-state index contributed by atoms with van der Waals surface area (Å²) in [5.41, 5.74) is 6.70. The van der Waals surface area contributed by atoms with Crippen LogP contribution in [0.2, 0.25) is 0 Å². The highest BCUT2D eigenvalue weighted by Crippen LogP contribution is 2.35. The predicted octanol–water partition coefficient (Wildman–Crippen LogP) is 2.41. The Morgan fingerprint density at radius 2 is 1.62 bits per heavy atom. The zero-order chi connectivity index (χ0) is 22.7. The normalized spacial score (nSPS) is 43.8. The zero-order valence-corrected chi connectivity index (χ0v) is 19.4. The number of rotatable bonds is 6. The van der Waals surface area contributed by atoms with E-state index in [2.05, 4.69) is 21.3 Å². The van der Waals surface area contributed by atoms with E-state index in [1.807, 2.05) is 0 Å². The number of nitrogens with zero attached hydrogens (tertiary/aromatic N) is 1. The topological polar surface area (TPSA) is 74.9 Å². The Balaban J connectivity index is 1.27. The van der Waals surface area contributed by atoms with Crippen molar-refractivity contribution in [1.29, 1.82) is 0 Å². The van der Waals surface area contributed by atoms with Crippen molar-refractivity contribution < 1.29 is 23.0 Å². The van der Waals surface area contributed by atoms with Crippen molar-refractivity contribution in [3.8, 4) is 0 Å². The van der Waals surface area contributed by atoms with Crippen molar-refractivity contribution in [2.24, 2.45) is 11.8 Å². The number of nitrogens with one attached hydrogen (secondary N) is 3. The zero-order valence-electron chi connectivity index (χ0n) is 19.4. The molecule has 3 N–H and O–H groups in total. The van der Waals surface area contributed by atoms with Crippen LogP contribution >= 0.6 is 0 Å². The highest BCUT2D eigenvalue weighted by Gasteiger charge is 2.43. The lowest BCUT2D eigenvalue weighted by molar-refractivity contribution is -0.132. The van der Waals surface area contributed by atoms with E-state index in [1.54, 1.807) is 14.2 Å². The van der Waals surface area contributed by atoms with Crippen molar-refractivity contribution in [2.75, 3.05) is 20.8 Å². The van der Waals surface area contributed by atoms with Gasteiger partial charge in [-0.1, -0.05) is 0 Å². The maximum Gasteiger partial charge on any atom is 0.229 e. The number of ether oxygens (including phenoxy) is 2. The van der Waals surface area contributed by atoms with Crippen LogP contribution in [-0.2, 0) is 14.3 Å². The second-order valence-electron chi connectivity index (χ2n) is 10.1. The van der Waals surface area contributed by atoms with E-state index in [9.17, 15) is 13.6 Å². The fourth-order valence-electron chi connectivity index (χ4n) is 6.40. The van der Waals surface area contributed by atoms with Gasteiger partial charge in [-0.15, -0.1) is 0 Å². The van der Waals surface area contributed by atoms with Gasteiger partial charge in [0.1, 0.15) is 18.3 Å². The third-order valence-corrected chi connectivity index (χ3v) is 8.28. The molecule has 4 aliphatic rings. The van der Waals surface area contributed by atoms with E-state index >= 15 is 0 Å². The minimum absolute atomic E-state index is 0.00380.